The van der Waals surface area contributed by atoms with Crippen molar-refractivity contribution in [2.24, 2.45) is 0 Å². The van der Waals surface area contributed by atoms with Gasteiger partial charge in [-0.1, -0.05) is 15.9 Å². The predicted molar refractivity (Wildman–Crippen MR) is 117 cm³/mol. The van der Waals surface area contributed by atoms with Crippen LogP contribution in [0, 0.1) is 10.1 Å². The van der Waals surface area contributed by atoms with Crippen molar-refractivity contribution in [3.05, 3.63) is 67.6 Å². The molecule has 1 saturated heterocycles. The molecule has 2 aromatic carbocycles. The highest BCUT2D eigenvalue weighted by Gasteiger charge is 2.30. The second-order valence-electron chi connectivity index (χ2n) is 7.10. The fourth-order valence-corrected chi connectivity index (χ4v) is 5.17. The molecule has 3 aromatic rings. The molecular formula is C19H17BrN4O7S. The quantitative estimate of drug-likeness (QED) is 0.366. The summed E-state index contributed by atoms with van der Waals surface area (Å²) in [4.78, 5) is 36.8. The number of piperazine rings is 1. The first-order valence-electron chi connectivity index (χ1n) is 9.48. The van der Waals surface area contributed by atoms with Crippen molar-refractivity contribution >= 4 is 48.6 Å². The van der Waals surface area contributed by atoms with Gasteiger partial charge in [-0.15, -0.1) is 0 Å². The van der Waals surface area contributed by atoms with E-state index in [-0.39, 0.29) is 60.3 Å². The van der Waals surface area contributed by atoms with Crippen molar-refractivity contribution in [1.29, 1.82) is 0 Å². The SMILES string of the molecule is O=C(Cn1c(=O)oc2cc([N+](=O)[O-])ccc21)N1CCN(S(=O)(=O)c2ccc(Br)cc2)CC1. The second kappa shape index (κ2) is 8.48. The summed E-state index contributed by atoms with van der Waals surface area (Å²) >= 11 is 3.27. The van der Waals surface area contributed by atoms with Gasteiger partial charge in [0.15, 0.2) is 5.58 Å². The van der Waals surface area contributed by atoms with Crippen LogP contribution < -0.4 is 5.76 Å². The molecule has 1 aromatic heterocycles. The number of hydrogen-bond donors (Lipinski definition) is 0. The highest BCUT2D eigenvalue weighted by atomic mass is 79.9. The molecule has 11 nitrogen and oxygen atoms in total. The molecule has 1 amide bonds. The number of non-ortho nitro benzene ring substituents is 1. The third-order valence-corrected chi connectivity index (χ3v) is 7.64. The normalized spacial score (nSPS) is 15.2. The van der Waals surface area contributed by atoms with E-state index in [1.807, 2.05) is 0 Å². The van der Waals surface area contributed by atoms with Gasteiger partial charge in [-0.3, -0.25) is 19.5 Å². The number of benzene rings is 2. The minimum atomic E-state index is -3.68. The van der Waals surface area contributed by atoms with Gasteiger partial charge in [-0.2, -0.15) is 4.31 Å². The lowest BCUT2D eigenvalue weighted by atomic mass is 10.3. The number of amides is 1. The average molecular weight is 525 g/mol. The maximum absolute atomic E-state index is 12.8. The van der Waals surface area contributed by atoms with E-state index < -0.39 is 20.7 Å². The van der Waals surface area contributed by atoms with Gasteiger partial charge in [0.05, 0.1) is 21.4 Å². The molecule has 32 heavy (non-hydrogen) atoms. The standard InChI is InChI=1S/C19H17BrN4O7S/c20-13-1-4-15(5-2-13)32(29,30)22-9-7-21(8-10-22)18(25)12-23-16-6-3-14(24(27)28)11-17(16)31-19(23)26/h1-6,11H,7-10,12H2. The molecule has 0 aliphatic carbocycles. The first-order valence-corrected chi connectivity index (χ1v) is 11.7. The Morgan fingerprint density at radius 3 is 2.38 bits per heavy atom. The Labute approximate surface area is 190 Å². The first-order chi connectivity index (χ1) is 15.2. The van der Waals surface area contributed by atoms with E-state index in [1.54, 1.807) is 12.1 Å². The highest BCUT2D eigenvalue weighted by Crippen LogP contribution is 2.22. The molecule has 1 fully saturated rings. The summed E-state index contributed by atoms with van der Waals surface area (Å²) in [5, 5.41) is 10.9. The van der Waals surface area contributed by atoms with Crippen LogP contribution in [0.25, 0.3) is 11.1 Å². The van der Waals surface area contributed by atoms with Gasteiger partial charge in [0, 0.05) is 36.7 Å². The second-order valence-corrected chi connectivity index (χ2v) is 9.96. The Bertz CT molecular complexity index is 1360. The van der Waals surface area contributed by atoms with Gasteiger partial charge in [0.1, 0.15) is 6.54 Å². The van der Waals surface area contributed by atoms with Crippen molar-refractivity contribution in [3.63, 3.8) is 0 Å². The molecule has 0 radical (unpaired) electrons. The van der Waals surface area contributed by atoms with Crippen LogP contribution in [-0.4, -0.2) is 59.2 Å². The van der Waals surface area contributed by atoms with E-state index >= 15 is 0 Å². The van der Waals surface area contributed by atoms with Crippen LogP contribution in [0.5, 0.6) is 0 Å². The average Bonchev–Trinajstić information content (AvgIpc) is 3.08. The van der Waals surface area contributed by atoms with Crippen molar-refractivity contribution in [3.8, 4) is 0 Å². The Kier molecular flexibility index (Phi) is 5.88. The number of carbonyl (C=O) groups is 1. The largest absolute Gasteiger partial charge is 0.420 e. The lowest BCUT2D eigenvalue weighted by molar-refractivity contribution is -0.384. The topological polar surface area (TPSA) is 136 Å². The van der Waals surface area contributed by atoms with E-state index in [4.69, 9.17) is 4.42 Å². The number of nitro groups is 1. The summed E-state index contributed by atoms with van der Waals surface area (Å²) in [7, 11) is -3.68. The molecule has 0 spiro atoms. The molecule has 0 atom stereocenters. The fourth-order valence-electron chi connectivity index (χ4n) is 3.49. The minimum absolute atomic E-state index is 0.0161. The molecule has 1 aliphatic rings. The van der Waals surface area contributed by atoms with E-state index in [2.05, 4.69) is 15.9 Å². The van der Waals surface area contributed by atoms with Crippen molar-refractivity contribution < 1.29 is 22.6 Å². The number of carbonyl (C=O) groups excluding carboxylic acids is 1. The molecule has 0 bridgehead atoms. The number of hydrogen-bond acceptors (Lipinski definition) is 7. The molecule has 2 heterocycles. The molecular weight excluding hydrogens is 508 g/mol. The number of aromatic nitrogens is 1. The number of fused-ring (bicyclic) bond motifs is 1. The molecule has 1 aliphatic heterocycles. The Hall–Kier alpha value is -3.03. The van der Waals surface area contributed by atoms with E-state index in [1.165, 1.54) is 33.5 Å². The number of nitro benzene ring substituents is 1. The number of sulfonamides is 1. The van der Waals surface area contributed by atoms with E-state index in [0.717, 1.165) is 15.1 Å². The number of halogens is 1. The van der Waals surface area contributed by atoms with Gasteiger partial charge in [-0.25, -0.2) is 13.2 Å². The molecule has 168 valence electrons. The van der Waals surface area contributed by atoms with Gasteiger partial charge in [-0.05, 0) is 30.3 Å². The minimum Gasteiger partial charge on any atom is -0.407 e. The van der Waals surface area contributed by atoms with Crippen molar-refractivity contribution in [1.82, 2.24) is 13.8 Å². The van der Waals surface area contributed by atoms with Crippen LogP contribution in [0.15, 0.2) is 61.0 Å². The van der Waals surface area contributed by atoms with E-state index in [9.17, 15) is 28.1 Å². The van der Waals surface area contributed by atoms with Gasteiger partial charge in [0.2, 0.25) is 15.9 Å². The van der Waals surface area contributed by atoms with Crippen LogP contribution in [0.1, 0.15) is 0 Å². The number of nitrogens with zero attached hydrogens (tertiary/aromatic N) is 4. The lowest BCUT2D eigenvalue weighted by Crippen LogP contribution is -2.51. The molecule has 0 unspecified atom stereocenters. The summed E-state index contributed by atoms with van der Waals surface area (Å²) in [5.41, 5.74) is 0.0562. The van der Waals surface area contributed by atoms with Gasteiger partial charge >= 0.3 is 5.76 Å². The summed E-state index contributed by atoms with van der Waals surface area (Å²) < 4.78 is 33.8. The Morgan fingerprint density at radius 2 is 1.75 bits per heavy atom. The van der Waals surface area contributed by atoms with Crippen molar-refractivity contribution in [2.45, 2.75) is 11.4 Å². The molecule has 4 rings (SSSR count). The third-order valence-electron chi connectivity index (χ3n) is 5.20. The zero-order chi connectivity index (χ0) is 23.0. The maximum Gasteiger partial charge on any atom is 0.420 e. The van der Waals surface area contributed by atoms with Gasteiger partial charge in [0.25, 0.3) is 5.69 Å². The number of rotatable bonds is 5. The van der Waals surface area contributed by atoms with Crippen molar-refractivity contribution in [2.75, 3.05) is 26.2 Å². The summed E-state index contributed by atoms with van der Waals surface area (Å²) in [6.45, 7) is 0.271. The zero-order valence-electron chi connectivity index (χ0n) is 16.5. The molecule has 0 saturated carbocycles. The smallest absolute Gasteiger partial charge is 0.407 e. The summed E-state index contributed by atoms with van der Waals surface area (Å²) in [6.07, 6.45) is 0. The van der Waals surface area contributed by atoms with Crippen LogP contribution >= 0.6 is 15.9 Å². The fraction of sp³-hybridized carbons (Fsp3) is 0.263. The Balaban J connectivity index is 1.45. The summed E-state index contributed by atoms with van der Waals surface area (Å²) in [6, 6.07) is 10.0. The first kappa shape index (κ1) is 22.2. The lowest BCUT2D eigenvalue weighted by Gasteiger charge is -2.34. The highest BCUT2D eigenvalue weighted by molar-refractivity contribution is 9.10. The number of oxazole rings is 1. The zero-order valence-corrected chi connectivity index (χ0v) is 18.9. The maximum atomic E-state index is 12.8. The molecule has 13 heteroatoms. The van der Waals surface area contributed by atoms with Crippen LogP contribution in [0.2, 0.25) is 0 Å². The summed E-state index contributed by atoms with van der Waals surface area (Å²) in [5.74, 6) is -1.18. The van der Waals surface area contributed by atoms with E-state index in [0.29, 0.717) is 0 Å². The van der Waals surface area contributed by atoms with Crippen LogP contribution in [-0.2, 0) is 21.4 Å². The van der Waals surface area contributed by atoms with Crippen LogP contribution in [0.3, 0.4) is 0 Å². The monoisotopic (exact) mass is 524 g/mol. The van der Waals surface area contributed by atoms with Gasteiger partial charge < -0.3 is 9.32 Å². The van der Waals surface area contributed by atoms with Crippen LogP contribution in [0.4, 0.5) is 5.69 Å². The molecule has 0 N–H and O–H groups in total. The Morgan fingerprint density at radius 1 is 1.09 bits per heavy atom. The third kappa shape index (κ3) is 4.18. The predicted octanol–water partition coefficient (Wildman–Crippen LogP) is 1.80.